The maximum absolute atomic E-state index is 11.7. The minimum Gasteiger partial charge on any atom is -0.355 e. The van der Waals surface area contributed by atoms with Gasteiger partial charge in [-0.1, -0.05) is 0 Å². The van der Waals surface area contributed by atoms with Gasteiger partial charge in [-0.15, -0.1) is 11.3 Å². The molecule has 0 aliphatic rings. The zero-order valence-corrected chi connectivity index (χ0v) is 10.6. The highest BCUT2D eigenvalue weighted by molar-refractivity contribution is 7.09. The van der Waals surface area contributed by atoms with E-state index in [9.17, 15) is 9.59 Å². The van der Waals surface area contributed by atoms with Crippen LogP contribution in [0, 0.1) is 0 Å². The highest BCUT2D eigenvalue weighted by atomic mass is 32.1. The quantitative estimate of drug-likeness (QED) is 0.683. The summed E-state index contributed by atoms with van der Waals surface area (Å²) in [6.07, 6.45) is 0. The molecule has 7 heteroatoms. The first-order chi connectivity index (χ1) is 8.08. The molecule has 0 fully saturated rings. The molecule has 4 N–H and O–H groups in total. The van der Waals surface area contributed by atoms with Gasteiger partial charge in [-0.3, -0.25) is 9.59 Å². The van der Waals surface area contributed by atoms with Gasteiger partial charge in [-0.2, -0.15) is 0 Å². The number of likely N-dealkylation sites (N-methyl/N-ethyl adjacent to an activating group) is 1. The van der Waals surface area contributed by atoms with Crippen molar-refractivity contribution in [1.29, 1.82) is 0 Å². The predicted octanol–water partition coefficient (Wildman–Crippen LogP) is -0.144. The second-order valence-corrected chi connectivity index (χ2v) is 4.36. The fraction of sp³-hybridized carbons (Fsp3) is 0.500. The summed E-state index contributed by atoms with van der Waals surface area (Å²) in [5.74, 6) is -0.574. The molecule has 1 atom stereocenters. The summed E-state index contributed by atoms with van der Waals surface area (Å²) in [6.45, 7) is 4.29. The molecule has 0 saturated heterocycles. The van der Waals surface area contributed by atoms with Crippen LogP contribution in [0.2, 0.25) is 0 Å². The first kappa shape index (κ1) is 13.6. The molecule has 0 aromatic carbocycles. The molecule has 0 bridgehead atoms. The SMILES string of the molecule is CCNC(=O)C(C)NC(=O)c1csc(CN)n1. The molecule has 1 rings (SSSR count). The molecule has 17 heavy (non-hydrogen) atoms. The van der Waals surface area contributed by atoms with Crippen molar-refractivity contribution in [2.45, 2.75) is 26.4 Å². The van der Waals surface area contributed by atoms with Gasteiger partial charge in [0.2, 0.25) is 5.91 Å². The van der Waals surface area contributed by atoms with Crippen molar-refractivity contribution in [2.75, 3.05) is 6.54 Å². The van der Waals surface area contributed by atoms with E-state index < -0.39 is 6.04 Å². The number of hydrogen-bond acceptors (Lipinski definition) is 5. The van der Waals surface area contributed by atoms with E-state index in [4.69, 9.17) is 5.73 Å². The smallest absolute Gasteiger partial charge is 0.271 e. The maximum Gasteiger partial charge on any atom is 0.271 e. The van der Waals surface area contributed by atoms with Crippen LogP contribution in [0.15, 0.2) is 5.38 Å². The first-order valence-corrected chi connectivity index (χ1v) is 6.19. The number of carbonyl (C=O) groups excluding carboxylic acids is 2. The third-order valence-corrected chi connectivity index (χ3v) is 2.92. The van der Waals surface area contributed by atoms with E-state index in [-0.39, 0.29) is 11.8 Å². The van der Waals surface area contributed by atoms with Gasteiger partial charge in [0.1, 0.15) is 16.7 Å². The second kappa shape index (κ2) is 6.31. The fourth-order valence-electron chi connectivity index (χ4n) is 1.17. The molecule has 1 unspecified atom stereocenters. The topological polar surface area (TPSA) is 97.1 Å². The summed E-state index contributed by atoms with van der Waals surface area (Å²) in [4.78, 5) is 27.1. The van der Waals surface area contributed by atoms with Gasteiger partial charge in [0.05, 0.1) is 0 Å². The van der Waals surface area contributed by atoms with Crippen LogP contribution in [0.3, 0.4) is 0 Å². The maximum atomic E-state index is 11.7. The molecule has 1 heterocycles. The molecule has 2 amide bonds. The first-order valence-electron chi connectivity index (χ1n) is 5.31. The Bertz CT molecular complexity index is 405. The van der Waals surface area contributed by atoms with Crippen LogP contribution in [0.25, 0.3) is 0 Å². The van der Waals surface area contributed by atoms with E-state index >= 15 is 0 Å². The van der Waals surface area contributed by atoms with Gasteiger partial charge in [0, 0.05) is 18.5 Å². The Balaban J connectivity index is 2.56. The Kier molecular flexibility index (Phi) is 5.05. The molecule has 1 aromatic heterocycles. The van der Waals surface area contributed by atoms with E-state index in [0.717, 1.165) is 0 Å². The molecule has 94 valence electrons. The molecule has 0 spiro atoms. The molecule has 1 aromatic rings. The van der Waals surface area contributed by atoms with Gasteiger partial charge in [-0.05, 0) is 13.8 Å². The van der Waals surface area contributed by atoms with Crippen LogP contribution >= 0.6 is 11.3 Å². The number of nitrogens with two attached hydrogens (primary N) is 1. The molecule has 0 radical (unpaired) electrons. The Hall–Kier alpha value is -1.47. The lowest BCUT2D eigenvalue weighted by Crippen LogP contribution is -2.44. The van der Waals surface area contributed by atoms with E-state index in [2.05, 4.69) is 15.6 Å². The number of aromatic nitrogens is 1. The Labute approximate surface area is 104 Å². The van der Waals surface area contributed by atoms with E-state index in [1.807, 2.05) is 6.92 Å². The normalized spacial score (nSPS) is 11.9. The summed E-state index contributed by atoms with van der Waals surface area (Å²) in [5, 5.41) is 7.52. The summed E-state index contributed by atoms with van der Waals surface area (Å²) in [5.41, 5.74) is 5.70. The molecule has 0 aliphatic heterocycles. The second-order valence-electron chi connectivity index (χ2n) is 3.42. The van der Waals surface area contributed by atoms with Gasteiger partial charge in [0.15, 0.2) is 0 Å². The largest absolute Gasteiger partial charge is 0.355 e. The van der Waals surface area contributed by atoms with Crippen molar-refractivity contribution in [2.24, 2.45) is 5.73 Å². The lowest BCUT2D eigenvalue weighted by Gasteiger charge is -2.12. The summed E-state index contributed by atoms with van der Waals surface area (Å²) in [6, 6.07) is -0.578. The van der Waals surface area contributed by atoms with E-state index in [0.29, 0.717) is 23.8 Å². The molecule has 0 aliphatic carbocycles. The van der Waals surface area contributed by atoms with Crippen molar-refractivity contribution in [3.63, 3.8) is 0 Å². The number of nitrogens with zero attached hydrogens (tertiary/aromatic N) is 1. The molecular formula is C10H16N4O2S. The summed E-state index contributed by atoms with van der Waals surface area (Å²) >= 11 is 1.33. The molecule has 0 saturated carbocycles. The highest BCUT2D eigenvalue weighted by Crippen LogP contribution is 2.08. The standard InChI is InChI=1S/C10H16N4O2S/c1-3-12-9(15)6(2)13-10(16)7-5-17-8(4-11)14-7/h5-6H,3-4,11H2,1-2H3,(H,12,15)(H,13,16). The third kappa shape index (κ3) is 3.79. The van der Waals surface area contributed by atoms with Crippen LogP contribution in [0.5, 0.6) is 0 Å². The van der Waals surface area contributed by atoms with Crippen LogP contribution in [-0.4, -0.2) is 29.4 Å². The minimum absolute atomic E-state index is 0.213. The van der Waals surface area contributed by atoms with Crippen molar-refractivity contribution in [3.05, 3.63) is 16.1 Å². The monoisotopic (exact) mass is 256 g/mol. The van der Waals surface area contributed by atoms with E-state index in [1.54, 1.807) is 12.3 Å². The van der Waals surface area contributed by atoms with Crippen molar-refractivity contribution >= 4 is 23.2 Å². The Morgan fingerprint density at radius 3 is 2.82 bits per heavy atom. The van der Waals surface area contributed by atoms with Crippen LogP contribution in [-0.2, 0) is 11.3 Å². The zero-order chi connectivity index (χ0) is 12.8. The van der Waals surface area contributed by atoms with E-state index in [1.165, 1.54) is 11.3 Å². The van der Waals surface area contributed by atoms with Crippen molar-refractivity contribution in [3.8, 4) is 0 Å². The van der Waals surface area contributed by atoms with Crippen LogP contribution < -0.4 is 16.4 Å². The number of hydrogen-bond donors (Lipinski definition) is 3. The predicted molar refractivity (Wildman–Crippen MR) is 65.6 cm³/mol. The summed E-state index contributed by atoms with van der Waals surface area (Å²) in [7, 11) is 0. The van der Waals surface area contributed by atoms with Gasteiger partial charge < -0.3 is 16.4 Å². The van der Waals surface area contributed by atoms with Crippen molar-refractivity contribution < 1.29 is 9.59 Å². The molecule has 6 nitrogen and oxygen atoms in total. The average Bonchev–Trinajstić information content (AvgIpc) is 2.77. The van der Waals surface area contributed by atoms with Gasteiger partial charge in [0.25, 0.3) is 5.91 Å². The lowest BCUT2D eigenvalue weighted by molar-refractivity contribution is -0.122. The number of amides is 2. The van der Waals surface area contributed by atoms with Gasteiger partial charge in [-0.25, -0.2) is 4.98 Å². The molecular weight excluding hydrogens is 240 g/mol. The Morgan fingerprint density at radius 2 is 2.29 bits per heavy atom. The lowest BCUT2D eigenvalue weighted by atomic mass is 10.3. The minimum atomic E-state index is -0.578. The number of nitrogens with one attached hydrogen (secondary N) is 2. The third-order valence-electron chi connectivity index (χ3n) is 2.05. The number of rotatable bonds is 5. The fourth-order valence-corrected chi connectivity index (χ4v) is 1.83. The average molecular weight is 256 g/mol. The number of thiazole rings is 1. The van der Waals surface area contributed by atoms with Crippen molar-refractivity contribution in [1.82, 2.24) is 15.6 Å². The van der Waals surface area contributed by atoms with Gasteiger partial charge >= 0.3 is 0 Å². The van der Waals surface area contributed by atoms with Crippen LogP contribution in [0.4, 0.5) is 0 Å². The Morgan fingerprint density at radius 1 is 1.59 bits per heavy atom. The highest BCUT2D eigenvalue weighted by Gasteiger charge is 2.17. The number of carbonyl (C=O) groups is 2. The zero-order valence-electron chi connectivity index (χ0n) is 9.82. The summed E-state index contributed by atoms with van der Waals surface area (Å²) < 4.78 is 0. The van der Waals surface area contributed by atoms with Crippen LogP contribution in [0.1, 0.15) is 29.3 Å².